The van der Waals surface area contributed by atoms with Crippen LogP contribution in [-0.4, -0.2) is 28.3 Å². The summed E-state index contributed by atoms with van der Waals surface area (Å²) in [5.41, 5.74) is 0. The van der Waals surface area contributed by atoms with E-state index in [0.717, 1.165) is 0 Å². The zero-order chi connectivity index (χ0) is 7.44. The summed E-state index contributed by atoms with van der Waals surface area (Å²) in [5, 5.41) is 25.5. The molecule has 0 aromatic carbocycles. The molecule has 10 heavy (non-hydrogen) atoms. The topological polar surface area (TPSA) is 97.7 Å². The molecule has 0 aromatic rings. The number of carboxylic acid groups (broad SMARTS) is 1. The molecule has 0 bridgehead atoms. The van der Waals surface area contributed by atoms with Gasteiger partial charge in [-0.15, -0.1) is 0 Å². The van der Waals surface area contributed by atoms with Crippen molar-refractivity contribution in [3.63, 3.8) is 0 Å². The van der Waals surface area contributed by atoms with Crippen molar-refractivity contribution < 1.29 is 54.5 Å². The molecule has 0 fully saturated rings. The molecule has 0 radical (unpaired) electrons. The van der Waals surface area contributed by atoms with Crippen LogP contribution in [0.15, 0.2) is 0 Å². The first-order valence-corrected chi connectivity index (χ1v) is 2.12. The molecule has 0 aliphatic rings. The Bertz CT molecular complexity index is 132. The van der Waals surface area contributed by atoms with Crippen LogP contribution in [-0.2, 0) is 9.59 Å². The summed E-state index contributed by atoms with van der Waals surface area (Å²) in [5.74, 6) is -2.79. The first kappa shape index (κ1) is 12.7. The number of rotatable bonds is 3. The number of hydrogen-bond donors (Lipinski definition) is 2. The monoisotopic (exact) mass is 156 g/mol. The number of Topliss-reactive ketones (excluding diaryl/α,β-unsaturated/α-hetero) is 1. The molecule has 6 heteroatoms. The molecular weight excluding hydrogens is 151 g/mol. The van der Waals surface area contributed by atoms with Crippen LogP contribution in [0, 0.1) is 0 Å². The van der Waals surface area contributed by atoms with E-state index in [9.17, 15) is 14.7 Å². The fraction of sp³-hybridized carbons (Fsp3) is 0.500. The molecule has 52 valence electrons. The Kier molecular flexibility index (Phi) is 7.39. The summed E-state index contributed by atoms with van der Waals surface area (Å²) in [4.78, 5) is 19.6. The van der Waals surface area contributed by atoms with Gasteiger partial charge in [0.2, 0.25) is 6.29 Å². The minimum Gasteiger partial charge on any atom is -0.550 e. The van der Waals surface area contributed by atoms with E-state index in [-0.39, 0.29) is 29.6 Å². The third-order valence-electron chi connectivity index (χ3n) is 0.607. The first-order chi connectivity index (χ1) is 4.04. The van der Waals surface area contributed by atoms with E-state index in [1.54, 1.807) is 0 Å². The Balaban J connectivity index is 0. The molecule has 0 spiro atoms. The van der Waals surface area contributed by atoms with E-state index in [2.05, 4.69) is 0 Å². The van der Waals surface area contributed by atoms with Crippen molar-refractivity contribution in [2.45, 2.75) is 12.7 Å². The minimum atomic E-state index is -2.21. The summed E-state index contributed by atoms with van der Waals surface area (Å²) in [6, 6.07) is 0. The van der Waals surface area contributed by atoms with E-state index in [4.69, 9.17) is 10.2 Å². The molecule has 0 aliphatic heterocycles. The van der Waals surface area contributed by atoms with E-state index >= 15 is 0 Å². The van der Waals surface area contributed by atoms with Crippen molar-refractivity contribution in [1.82, 2.24) is 0 Å². The standard InChI is InChI=1S/C4H6O5.Na/c5-2(4(8)9)1-3(6)7;/h4,8-9H,1H2,(H,6,7);/q;+1/p-1. The molecule has 5 nitrogen and oxygen atoms in total. The zero-order valence-corrected chi connectivity index (χ0v) is 7.40. The number of aliphatic carboxylic acids is 1. The number of aliphatic hydroxyl groups excluding tert-OH is 1. The van der Waals surface area contributed by atoms with Gasteiger partial charge in [-0.2, -0.15) is 0 Å². The van der Waals surface area contributed by atoms with Gasteiger partial charge in [0, 0.05) is 5.97 Å². The average molecular weight is 156 g/mol. The van der Waals surface area contributed by atoms with Gasteiger partial charge in [-0.05, 0) is 0 Å². The van der Waals surface area contributed by atoms with Gasteiger partial charge >= 0.3 is 29.6 Å². The number of carbonyl (C=O) groups excluding carboxylic acids is 2. The van der Waals surface area contributed by atoms with Crippen LogP contribution in [0.5, 0.6) is 0 Å². The maximum Gasteiger partial charge on any atom is 1.00 e. The molecule has 2 N–H and O–H groups in total. The third kappa shape index (κ3) is 6.18. The van der Waals surface area contributed by atoms with Crippen molar-refractivity contribution in [2.24, 2.45) is 0 Å². The first-order valence-electron chi connectivity index (χ1n) is 2.12. The normalized spacial score (nSPS) is 8.70. The molecule has 0 atom stereocenters. The molecule has 0 rings (SSSR count). The third-order valence-corrected chi connectivity index (χ3v) is 0.607. The molecule has 0 aliphatic carbocycles. The number of carbonyl (C=O) groups is 2. The Hall–Kier alpha value is 0.0600. The predicted octanol–water partition coefficient (Wildman–Crippen LogP) is -5.99. The van der Waals surface area contributed by atoms with E-state index in [1.807, 2.05) is 0 Å². The largest absolute Gasteiger partial charge is 1.00 e. The second-order valence-electron chi connectivity index (χ2n) is 1.39. The minimum absolute atomic E-state index is 0. The number of hydrogen-bond acceptors (Lipinski definition) is 5. The summed E-state index contributed by atoms with van der Waals surface area (Å²) < 4.78 is 0. The van der Waals surface area contributed by atoms with Gasteiger partial charge in [-0.1, -0.05) is 0 Å². The van der Waals surface area contributed by atoms with Gasteiger partial charge in [-0.25, -0.2) is 0 Å². The van der Waals surface area contributed by atoms with Gasteiger partial charge < -0.3 is 20.1 Å². The van der Waals surface area contributed by atoms with Gasteiger partial charge in [-0.3, -0.25) is 4.79 Å². The van der Waals surface area contributed by atoms with E-state index in [1.165, 1.54) is 0 Å². The molecular formula is C4H5NaO5. The van der Waals surface area contributed by atoms with Crippen molar-refractivity contribution in [3.05, 3.63) is 0 Å². The van der Waals surface area contributed by atoms with Crippen LogP contribution in [0.1, 0.15) is 6.42 Å². The summed E-state index contributed by atoms with van der Waals surface area (Å²) in [7, 11) is 0. The van der Waals surface area contributed by atoms with Crippen LogP contribution in [0.4, 0.5) is 0 Å². The zero-order valence-electron chi connectivity index (χ0n) is 5.40. The number of aliphatic hydroxyl groups is 2. The number of carboxylic acids is 1. The van der Waals surface area contributed by atoms with Crippen molar-refractivity contribution in [2.75, 3.05) is 0 Å². The predicted molar refractivity (Wildman–Crippen MR) is 22.9 cm³/mol. The van der Waals surface area contributed by atoms with Crippen molar-refractivity contribution >= 4 is 11.8 Å². The Morgan fingerprint density at radius 1 is 1.40 bits per heavy atom. The summed E-state index contributed by atoms with van der Waals surface area (Å²) in [6.45, 7) is 0. The quantitative estimate of drug-likeness (QED) is 0.241. The second kappa shape index (κ2) is 5.82. The molecule has 0 saturated heterocycles. The fourth-order valence-corrected chi connectivity index (χ4v) is 0.234. The molecule has 0 amide bonds. The van der Waals surface area contributed by atoms with Crippen LogP contribution in [0.2, 0.25) is 0 Å². The maximum absolute atomic E-state index is 10.0. The summed E-state index contributed by atoms with van der Waals surface area (Å²) >= 11 is 0. The van der Waals surface area contributed by atoms with Crippen molar-refractivity contribution in [3.8, 4) is 0 Å². The smallest absolute Gasteiger partial charge is 0.550 e. The second-order valence-corrected chi connectivity index (χ2v) is 1.39. The molecule has 0 aromatic heterocycles. The van der Waals surface area contributed by atoms with Gasteiger partial charge in [0.15, 0.2) is 5.78 Å². The van der Waals surface area contributed by atoms with E-state index < -0.39 is 24.5 Å². The molecule has 0 saturated carbocycles. The Labute approximate surface area is 79.0 Å². The van der Waals surface area contributed by atoms with Crippen LogP contribution >= 0.6 is 0 Å². The average Bonchev–Trinajstić information content (AvgIpc) is 1.63. The number of ketones is 1. The van der Waals surface area contributed by atoms with Gasteiger partial charge in [0.25, 0.3) is 0 Å². The fourth-order valence-electron chi connectivity index (χ4n) is 0.234. The van der Waals surface area contributed by atoms with Crippen LogP contribution in [0.3, 0.4) is 0 Å². The van der Waals surface area contributed by atoms with Crippen LogP contribution in [0.25, 0.3) is 0 Å². The molecule has 0 unspecified atom stereocenters. The van der Waals surface area contributed by atoms with E-state index in [0.29, 0.717) is 0 Å². The van der Waals surface area contributed by atoms with Gasteiger partial charge in [0.1, 0.15) is 0 Å². The Morgan fingerprint density at radius 3 is 1.90 bits per heavy atom. The maximum atomic E-state index is 10.0. The summed E-state index contributed by atoms with van der Waals surface area (Å²) in [6.07, 6.45) is -3.17. The molecule has 0 heterocycles. The van der Waals surface area contributed by atoms with Crippen LogP contribution < -0.4 is 34.7 Å². The van der Waals surface area contributed by atoms with Crippen molar-refractivity contribution in [1.29, 1.82) is 0 Å². The SMILES string of the molecule is O=C([O-])CC(=O)C(O)O.[Na+]. The van der Waals surface area contributed by atoms with Gasteiger partial charge in [0.05, 0.1) is 6.42 Å². The Morgan fingerprint density at radius 2 is 1.80 bits per heavy atom.